The van der Waals surface area contributed by atoms with Crippen LogP contribution in [0.1, 0.15) is 31.9 Å². The van der Waals surface area contributed by atoms with Crippen LogP contribution >= 0.6 is 0 Å². The number of nitro groups is 1. The minimum Gasteiger partial charge on any atom is -0.457 e. The van der Waals surface area contributed by atoms with Gasteiger partial charge in [-0.2, -0.15) is 0 Å². The van der Waals surface area contributed by atoms with E-state index in [9.17, 15) is 14.9 Å². The standard InChI is InChI=1S/C20H19N3O5/c1-13-16(20(24)28-21-13)12-15-6-8-19(27-15)14-5-7-17(18(11-14)23(25)26)22-9-3-2-4-10-22/h5-8,11-12H,2-4,9-10H2,1H3. The second-order valence-electron chi connectivity index (χ2n) is 6.82. The van der Waals surface area contributed by atoms with E-state index in [0.717, 1.165) is 32.4 Å². The number of furan rings is 1. The van der Waals surface area contributed by atoms with Crippen molar-refractivity contribution in [3.8, 4) is 11.3 Å². The number of anilines is 1. The van der Waals surface area contributed by atoms with Gasteiger partial charge in [0, 0.05) is 24.7 Å². The molecule has 1 aromatic heterocycles. The molecule has 0 amide bonds. The van der Waals surface area contributed by atoms with Gasteiger partial charge >= 0.3 is 5.97 Å². The Morgan fingerprint density at radius 1 is 1.18 bits per heavy atom. The average Bonchev–Trinajstić information content (AvgIpc) is 3.30. The summed E-state index contributed by atoms with van der Waals surface area (Å²) in [4.78, 5) is 29.6. The minimum absolute atomic E-state index is 0.0676. The molecule has 0 saturated carbocycles. The van der Waals surface area contributed by atoms with Gasteiger partial charge < -0.3 is 14.2 Å². The van der Waals surface area contributed by atoms with Crippen molar-refractivity contribution in [3.05, 3.63) is 51.8 Å². The highest BCUT2D eigenvalue weighted by molar-refractivity contribution is 6.24. The van der Waals surface area contributed by atoms with E-state index in [1.54, 1.807) is 31.2 Å². The van der Waals surface area contributed by atoms with Crippen LogP contribution in [-0.2, 0) is 9.63 Å². The Morgan fingerprint density at radius 3 is 2.64 bits per heavy atom. The summed E-state index contributed by atoms with van der Waals surface area (Å²) in [6.45, 7) is 3.33. The minimum atomic E-state index is -0.531. The van der Waals surface area contributed by atoms with E-state index in [1.807, 2.05) is 6.07 Å². The van der Waals surface area contributed by atoms with Crippen molar-refractivity contribution in [2.24, 2.45) is 5.16 Å². The zero-order valence-corrected chi connectivity index (χ0v) is 15.4. The Morgan fingerprint density at radius 2 is 1.96 bits per heavy atom. The Hall–Kier alpha value is -3.42. The van der Waals surface area contributed by atoms with Gasteiger partial charge in [-0.3, -0.25) is 10.1 Å². The summed E-state index contributed by atoms with van der Waals surface area (Å²) in [5.41, 5.74) is 2.12. The molecule has 0 spiro atoms. The lowest BCUT2D eigenvalue weighted by molar-refractivity contribution is -0.384. The quantitative estimate of drug-likeness (QED) is 0.341. The van der Waals surface area contributed by atoms with Gasteiger partial charge in [-0.05, 0) is 56.5 Å². The summed E-state index contributed by atoms with van der Waals surface area (Å²) in [7, 11) is 0. The fourth-order valence-electron chi connectivity index (χ4n) is 3.47. The molecule has 8 nitrogen and oxygen atoms in total. The van der Waals surface area contributed by atoms with E-state index in [2.05, 4.69) is 14.9 Å². The lowest BCUT2D eigenvalue weighted by Gasteiger charge is -2.28. The molecule has 0 bridgehead atoms. The maximum Gasteiger partial charge on any atom is 0.367 e. The third-order valence-corrected chi connectivity index (χ3v) is 4.94. The first-order chi connectivity index (χ1) is 13.5. The van der Waals surface area contributed by atoms with E-state index < -0.39 is 5.97 Å². The van der Waals surface area contributed by atoms with Gasteiger partial charge in [0.1, 0.15) is 17.2 Å². The van der Waals surface area contributed by atoms with Crippen LogP contribution in [0.15, 0.2) is 45.5 Å². The second-order valence-corrected chi connectivity index (χ2v) is 6.82. The van der Waals surface area contributed by atoms with E-state index in [4.69, 9.17) is 4.42 Å². The van der Waals surface area contributed by atoms with Crippen molar-refractivity contribution in [1.29, 1.82) is 0 Å². The molecule has 144 valence electrons. The molecule has 4 rings (SSSR count). The van der Waals surface area contributed by atoms with Crippen LogP contribution in [0.25, 0.3) is 17.4 Å². The highest BCUT2D eigenvalue weighted by Gasteiger charge is 2.24. The molecular weight excluding hydrogens is 362 g/mol. The van der Waals surface area contributed by atoms with Crippen LogP contribution in [-0.4, -0.2) is 29.7 Å². The predicted molar refractivity (Wildman–Crippen MR) is 104 cm³/mol. The average molecular weight is 381 g/mol. The summed E-state index contributed by atoms with van der Waals surface area (Å²) in [5.74, 6) is 0.402. The van der Waals surface area contributed by atoms with Gasteiger partial charge in [-0.15, -0.1) is 0 Å². The van der Waals surface area contributed by atoms with Crippen molar-refractivity contribution >= 4 is 29.1 Å². The Bertz CT molecular complexity index is 999. The predicted octanol–water partition coefficient (Wildman–Crippen LogP) is 4.16. The van der Waals surface area contributed by atoms with Crippen molar-refractivity contribution in [2.45, 2.75) is 26.2 Å². The molecule has 1 saturated heterocycles. The molecule has 0 radical (unpaired) electrons. The van der Waals surface area contributed by atoms with Crippen LogP contribution in [0, 0.1) is 10.1 Å². The smallest absolute Gasteiger partial charge is 0.367 e. The second kappa shape index (κ2) is 7.30. The number of hydrogen-bond donors (Lipinski definition) is 0. The Balaban J connectivity index is 1.65. The molecule has 3 heterocycles. The van der Waals surface area contributed by atoms with Crippen LogP contribution in [0.3, 0.4) is 0 Å². The van der Waals surface area contributed by atoms with E-state index in [0.29, 0.717) is 34.1 Å². The normalized spacial score (nSPS) is 18.3. The van der Waals surface area contributed by atoms with Crippen LogP contribution in [0.2, 0.25) is 0 Å². The zero-order chi connectivity index (χ0) is 19.7. The molecule has 28 heavy (non-hydrogen) atoms. The summed E-state index contributed by atoms with van der Waals surface area (Å²) in [6, 6.07) is 8.56. The first kappa shape index (κ1) is 18.0. The molecule has 2 aliphatic rings. The van der Waals surface area contributed by atoms with Gasteiger partial charge in [0.25, 0.3) is 5.69 Å². The van der Waals surface area contributed by atoms with E-state index in [-0.39, 0.29) is 10.6 Å². The number of carbonyl (C=O) groups excluding carboxylic acids is 1. The highest BCUT2D eigenvalue weighted by Crippen LogP contribution is 2.35. The number of piperidine rings is 1. The lowest BCUT2D eigenvalue weighted by atomic mass is 10.1. The first-order valence-corrected chi connectivity index (χ1v) is 9.14. The van der Waals surface area contributed by atoms with Gasteiger partial charge in [-0.1, -0.05) is 5.16 Å². The number of rotatable bonds is 4. The van der Waals surface area contributed by atoms with Crippen LogP contribution in [0.4, 0.5) is 11.4 Å². The van der Waals surface area contributed by atoms with Crippen molar-refractivity contribution in [3.63, 3.8) is 0 Å². The molecule has 2 aromatic rings. The fourth-order valence-corrected chi connectivity index (χ4v) is 3.47. The molecule has 1 aromatic carbocycles. The molecule has 0 N–H and O–H groups in total. The monoisotopic (exact) mass is 381 g/mol. The third-order valence-electron chi connectivity index (χ3n) is 4.94. The third kappa shape index (κ3) is 3.40. The van der Waals surface area contributed by atoms with Gasteiger partial charge in [0.2, 0.25) is 0 Å². The molecule has 2 aliphatic heterocycles. The molecular formula is C20H19N3O5. The molecule has 1 fully saturated rings. The SMILES string of the molecule is CC1=NOC(=O)C1=Cc1ccc(-c2ccc(N3CCCCC3)c([N+](=O)[O-])c2)o1. The first-order valence-electron chi connectivity index (χ1n) is 9.14. The summed E-state index contributed by atoms with van der Waals surface area (Å²) < 4.78 is 5.77. The maximum absolute atomic E-state index is 11.6. The highest BCUT2D eigenvalue weighted by atomic mass is 16.7. The topological polar surface area (TPSA) is 98.2 Å². The lowest BCUT2D eigenvalue weighted by Crippen LogP contribution is -2.29. The van der Waals surface area contributed by atoms with Gasteiger partial charge in [0.05, 0.1) is 16.2 Å². The van der Waals surface area contributed by atoms with Gasteiger partial charge in [0.15, 0.2) is 0 Å². The molecule has 0 atom stereocenters. The number of nitro benzene ring substituents is 1. The summed E-state index contributed by atoms with van der Waals surface area (Å²) in [6.07, 6.45) is 4.79. The Kier molecular flexibility index (Phi) is 4.68. The Labute approximate surface area is 161 Å². The summed E-state index contributed by atoms with van der Waals surface area (Å²) in [5, 5.41) is 15.3. The fraction of sp³-hybridized carbons (Fsp3) is 0.300. The zero-order valence-electron chi connectivity index (χ0n) is 15.4. The molecule has 0 aliphatic carbocycles. The molecule has 8 heteroatoms. The number of benzene rings is 1. The number of hydrogen-bond acceptors (Lipinski definition) is 7. The van der Waals surface area contributed by atoms with Crippen LogP contribution < -0.4 is 4.90 Å². The van der Waals surface area contributed by atoms with Crippen LogP contribution in [0.5, 0.6) is 0 Å². The largest absolute Gasteiger partial charge is 0.457 e. The van der Waals surface area contributed by atoms with Crippen molar-refractivity contribution in [1.82, 2.24) is 0 Å². The van der Waals surface area contributed by atoms with Crippen molar-refractivity contribution < 1.29 is 19.0 Å². The molecule has 0 unspecified atom stereocenters. The van der Waals surface area contributed by atoms with E-state index >= 15 is 0 Å². The maximum atomic E-state index is 11.6. The number of nitrogens with zero attached hydrogens (tertiary/aromatic N) is 3. The van der Waals surface area contributed by atoms with Crippen molar-refractivity contribution in [2.75, 3.05) is 18.0 Å². The van der Waals surface area contributed by atoms with E-state index in [1.165, 1.54) is 6.07 Å². The number of oxime groups is 1. The number of carbonyl (C=O) groups is 1. The van der Waals surface area contributed by atoms with Gasteiger partial charge in [-0.25, -0.2) is 4.79 Å². The summed E-state index contributed by atoms with van der Waals surface area (Å²) >= 11 is 0.